The van der Waals surface area contributed by atoms with Crippen LogP contribution >= 0.6 is 23.5 Å². The Morgan fingerprint density at radius 2 is 0.716 bits per heavy atom. The van der Waals surface area contributed by atoms with Gasteiger partial charge in [0.2, 0.25) is 0 Å². The Bertz CT molecular complexity index is 3030. The molecule has 14 heteroatoms. The van der Waals surface area contributed by atoms with E-state index in [0.717, 1.165) is 134 Å². The van der Waals surface area contributed by atoms with Gasteiger partial charge in [-0.2, -0.15) is 15.3 Å². The van der Waals surface area contributed by atoms with Gasteiger partial charge >= 0.3 is 0 Å². The van der Waals surface area contributed by atoms with Crippen molar-refractivity contribution in [1.29, 1.82) is 0 Å². The van der Waals surface area contributed by atoms with Crippen molar-refractivity contribution in [3.05, 3.63) is 201 Å². The molecule has 15 rings (SSSR count). The number of aryl methyl sites for hydroxylation is 14. The van der Waals surface area contributed by atoms with Crippen LogP contribution in [0.25, 0.3) is 10.8 Å². The van der Waals surface area contributed by atoms with Gasteiger partial charge in [0.05, 0.1) is 47.9 Å². The summed E-state index contributed by atoms with van der Waals surface area (Å²) in [6.45, 7) is 55.1. The van der Waals surface area contributed by atoms with Crippen LogP contribution in [0.1, 0.15) is 258 Å². The largest absolute Gasteiger partial charge is 0.353 e. The minimum absolute atomic E-state index is 0.0196. The quantitative estimate of drug-likeness (QED) is 0.142. The lowest BCUT2D eigenvalue weighted by atomic mass is 9.57. The molecular weight excluding hydrogens is 1380 g/mol. The van der Waals surface area contributed by atoms with Crippen LogP contribution in [0.4, 0.5) is 0 Å². The Labute approximate surface area is 673 Å². The molecule has 109 heavy (non-hydrogen) atoms. The Morgan fingerprint density at radius 1 is 0.321 bits per heavy atom. The summed E-state index contributed by atoms with van der Waals surface area (Å²) in [5.41, 5.74) is 14.2. The Morgan fingerprint density at radius 3 is 1.11 bits per heavy atom. The van der Waals surface area contributed by atoms with E-state index in [4.69, 9.17) is 9.47 Å². The highest BCUT2D eigenvalue weighted by atomic mass is 32.2. The summed E-state index contributed by atoms with van der Waals surface area (Å²) in [5, 5.41) is 17.8. The van der Waals surface area contributed by atoms with E-state index in [9.17, 15) is 0 Å². The molecule has 12 nitrogen and oxygen atoms in total. The molecule has 0 amide bonds. The predicted octanol–water partition coefficient (Wildman–Crippen LogP) is 25.6. The number of fused-ring (bicyclic) bond motifs is 3. The first-order valence-electron chi connectivity index (χ1n) is 41.5. The highest BCUT2D eigenvalue weighted by Crippen LogP contribution is 2.53. The van der Waals surface area contributed by atoms with E-state index < -0.39 is 0 Å². The lowest BCUT2D eigenvalue weighted by Gasteiger charge is -2.49. The van der Waals surface area contributed by atoms with Crippen molar-refractivity contribution >= 4 is 34.3 Å². The zero-order valence-electron chi connectivity index (χ0n) is 72.8. The minimum atomic E-state index is 0.0196. The molecule has 0 bridgehead atoms. The van der Waals surface area contributed by atoms with E-state index in [-0.39, 0.29) is 6.29 Å². The third kappa shape index (κ3) is 43.0. The fraction of sp³-hybridized carbons (Fsp3) is 0.621. The van der Waals surface area contributed by atoms with E-state index in [2.05, 4.69) is 237 Å². The molecule has 7 aliphatic rings. The fourth-order valence-corrected chi connectivity index (χ4v) is 16.8. The Hall–Kier alpha value is -6.06. The van der Waals surface area contributed by atoms with Gasteiger partial charge in [-0.1, -0.05) is 203 Å². The Kier molecular flexibility index (Phi) is 45.7. The maximum atomic E-state index is 5.17. The van der Waals surface area contributed by atoms with Crippen molar-refractivity contribution in [3.8, 4) is 0 Å². The normalized spacial score (nSPS) is 25.5. The van der Waals surface area contributed by atoms with Gasteiger partial charge < -0.3 is 9.47 Å². The average molecular weight is 1530 g/mol. The number of aromatic nitrogens is 10. The number of thioether (sulfide) groups is 2. The molecule has 5 aliphatic carbocycles. The lowest BCUT2D eigenvalue weighted by molar-refractivity contribution is -0.187. The van der Waals surface area contributed by atoms with Crippen LogP contribution in [0.3, 0.4) is 0 Å². The first-order chi connectivity index (χ1) is 51.7. The molecule has 0 radical (unpaired) electrons. The third-order valence-electron chi connectivity index (χ3n) is 21.6. The second-order valence-electron chi connectivity index (χ2n) is 34.1. The monoisotopic (exact) mass is 1530 g/mol. The minimum Gasteiger partial charge on any atom is -0.353 e. The van der Waals surface area contributed by atoms with Gasteiger partial charge in [0, 0.05) is 47.2 Å². The van der Waals surface area contributed by atoms with Gasteiger partial charge in [0.15, 0.2) is 6.29 Å². The predicted molar refractivity (Wildman–Crippen MR) is 468 cm³/mol. The zero-order chi connectivity index (χ0) is 80.4. The smallest absolute Gasteiger partial charge is 0.154 e. The molecule has 0 N–H and O–H groups in total. The van der Waals surface area contributed by atoms with E-state index in [1.165, 1.54) is 153 Å². The van der Waals surface area contributed by atoms with Gasteiger partial charge in [0.25, 0.3) is 0 Å². The summed E-state index contributed by atoms with van der Waals surface area (Å²) < 4.78 is 11.2. The Balaban J connectivity index is 0.000000252. The number of rotatable bonds is 0. The highest BCUT2D eigenvalue weighted by Gasteiger charge is 2.42. The second-order valence-corrected chi connectivity index (χ2v) is 37.1. The van der Waals surface area contributed by atoms with Crippen molar-refractivity contribution in [2.75, 3.05) is 24.7 Å². The highest BCUT2D eigenvalue weighted by molar-refractivity contribution is 8.17. The number of pyridine rings is 1. The molecular formula is C95H148N10O2S2. The maximum Gasteiger partial charge on any atom is 0.154 e. The van der Waals surface area contributed by atoms with Crippen molar-refractivity contribution < 1.29 is 9.47 Å². The standard InChI is InChI=1S/C13H24.C12H22.C12H12.C8H16.C8H10.C7H9N.3C6H8N2.C6H12O2.C6H12S2.C5H7N3/c1-10-6-7-13(3)9-11(2)4-5-12(13)8-10;2*1-9-3-5-12-8-10(2)4-6-11(12)7-9;2*1-7-3-5-8(2)6-4-7;1-6-3-4-7(2)8-5-6;1-5-3-8-6(2)4-7-5;1-5-3-7-6(2)8-4-5;1-5-3-4-6(2)8-7-5;2*1-5-3-7-6(2)8-4-5;1-4-3-6-5(2)8-7-4/h10-12H,4-9H2,1-3H3;9-12H,3-8H2,1-2H3;3-8H,1-2H3;7-8H,3-6H2,1-2H3;3-6H,1-2H3;3-5H,1-2H3;3*3-4H,1-2H3;2*5-6H,3-4H2,1-2H3;3H,1-2H3. The van der Waals surface area contributed by atoms with Gasteiger partial charge in [-0.25, -0.2) is 15.0 Å². The van der Waals surface area contributed by atoms with Crippen LogP contribution < -0.4 is 0 Å². The van der Waals surface area contributed by atoms with Crippen molar-refractivity contribution in [2.45, 2.75) is 287 Å². The summed E-state index contributed by atoms with van der Waals surface area (Å²) >= 11 is 4.18. The maximum absolute atomic E-state index is 5.17. The first-order valence-corrected chi connectivity index (χ1v) is 43.6. The van der Waals surface area contributed by atoms with Crippen LogP contribution in [0.15, 0.2) is 122 Å². The number of nitrogens with zero attached hydrogens (tertiary/aromatic N) is 10. The molecule has 8 aromatic rings. The number of hydrogen-bond acceptors (Lipinski definition) is 14. The number of hydrogen-bond donors (Lipinski definition) is 0. The molecule has 5 saturated carbocycles. The molecule has 2 aliphatic heterocycles. The van der Waals surface area contributed by atoms with Gasteiger partial charge in [0.1, 0.15) is 11.6 Å². The molecule has 3 aromatic carbocycles. The van der Waals surface area contributed by atoms with Gasteiger partial charge in [-0.15, -0.1) is 28.6 Å². The third-order valence-corrected chi connectivity index (χ3v) is 24.9. The van der Waals surface area contributed by atoms with Gasteiger partial charge in [-0.3, -0.25) is 15.0 Å². The molecule has 5 aromatic heterocycles. The van der Waals surface area contributed by atoms with Crippen LogP contribution in [0, 0.1) is 167 Å². The van der Waals surface area contributed by atoms with Crippen LogP contribution in [-0.4, -0.2) is 85.9 Å². The molecule has 8 unspecified atom stereocenters. The van der Waals surface area contributed by atoms with Crippen LogP contribution in [0.2, 0.25) is 0 Å². The van der Waals surface area contributed by atoms with Crippen molar-refractivity contribution in [2.24, 2.45) is 70.5 Å². The first kappa shape index (κ1) is 95.3. The SMILES string of the molecule is CC1CCC(C)CC1.CC1CCC2(C)CC(C)CCC2C1.CC1CCC2CC(C)CCC2C1.CC1COC(C)OC1.CC1CSC(C)SC1.Cc1ccc(C)cc1.Cc1ccc(C)nc1.Cc1ccc(C)nn1.Cc1ccc2cc(C)ccc2c1.Cc1cnc(C)cn1.Cc1cnc(C)nc1.Cc1cnc(C)nn1. The summed E-state index contributed by atoms with van der Waals surface area (Å²) in [4.78, 5) is 24.0. The van der Waals surface area contributed by atoms with E-state index in [1.54, 1.807) is 18.6 Å². The summed E-state index contributed by atoms with van der Waals surface area (Å²) in [6.07, 6.45) is 34.8. The molecule has 7 heterocycles. The molecule has 7 fully saturated rings. The van der Waals surface area contributed by atoms with Crippen molar-refractivity contribution in [3.63, 3.8) is 0 Å². The number of ether oxygens (including phenoxy) is 2. The van der Waals surface area contributed by atoms with E-state index >= 15 is 0 Å². The topological polar surface area (TPSA) is 147 Å². The van der Waals surface area contributed by atoms with Crippen LogP contribution in [0.5, 0.6) is 0 Å². The second kappa shape index (κ2) is 52.3. The molecule has 8 atom stereocenters. The molecule has 2 saturated heterocycles. The molecule has 602 valence electrons. The van der Waals surface area contributed by atoms with Gasteiger partial charge in [-0.05, 0) is 278 Å². The number of benzene rings is 3. The summed E-state index contributed by atoms with van der Waals surface area (Å²) in [5.74, 6) is 15.2. The van der Waals surface area contributed by atoms with Crippen molar-refractivity contribution in [1.82, 2.24) is 50.3 Å². The summed E-state index contributed by atoms with van der Waals surface area (Å²) in [6, 6.07) is 29.5. The molecule has 0 spiro atoms. The summed E-state index contributed by atoms with van der Waals surface area (Å²) in [7, 11) is 0. The van der Waals surface area contributed by atoms with E-state index in [0.29, 0.717) is 5.92 Å². The fourth-order valence-electron chi connectivity index (χ4n) is 14.4. The zero-order valence-corrected chi connectivity index (χ0v) is 74.4. The van der Waals surface area contributed by atoms with Crippen LogP contribution in [-0.2, 0) is 9.47 Å². The lowest BCUT2D eigenvalue weighted by Crippen LogP contribution is -2.38. The van der Waals surface area contributed by atoms with E-state index in [1.807, 2.05) is 113 Å². The average Bonchev–Trinajstić information content (AvgIpc) is 0.797.